The minimum Gasteiger partial charge on any atom is -0.435 e. The van der Waals surface area contributed by atoms with Crippen molar-refractivity contribution in [2.24, 2.45) is 11.8 Å². The van der Waals surface area contributed by atoms with E-state index in [-0.39, 0.29) is 11.7 Å². The minimum atomic E-state index is -2.79. The Morgan fingerprint density at radius 3 is 2.50 bits per heavy atom. The number of carbonyl (C=O) groups excluding carboxylic acids is 1. The molecule has 3 saturated heterocycles. The highest BCUT2D eigenvalue weighted by atomic mass is 19.3. The Balaban J connectivity index is 1.39. The highest BCUT2D eigenvalue weighted by molar-refractivity contribution is 5.79. The summed E-state index contributed by atoms with van der Waals surface area (Å²) in [7, 11) is 0. The van der Waals surface area contributed by atoms with Crippen molar-refractivity contribution in [3.63, 3.8) is 0 Å². The van der Waals surface area contributed by atoms with Crippen LogP contribution in [-0.4, -0.2) is 48.0 Å². The molecule has 2 atom stereocenters. The predicted molar refractivity (Wildman–Crippen MR) is 93.9 cm³/mol. The van der Waals surface area contributed by atoms with Crippen molar-refractivity contribution < 1.29 is 18.3 Å². The van der Waals surface area contributed by atoms with Crippen LogP contribution in [0, 0.1) is 11.8 Å². The number of amides is 1. The van der Waals surface area contributed by atoms with Gasteiger partial charge in [-0.15, -0.1) is 0 Å². The molecule has 1 aromatic rings. The first kappa shape index (κ1) is 17.7. The van der Waals surface area contributed by atoms with Gasteiger partial charge in [0.15, 0.2) is 0 Å². The second-order valence-electron chi connectivity index (χ2n) is 7.92. The summed E-state index contributed by atoms with van der Waals surface area (Å²) in [6, 6.07) is 7.31. The highest BCUT2D eigenvalue weighted by Crippen LogP contribution is 2.33. The summed E-state index contributed by atoms with van der Waals surface area (Å²) in [5.74, 6) is 1.37. The van der Waals surface area contributed by atoms with Crippen molar-refractivity contribution >= 4 is 5.91 Å². The van der Waals surface area contributed by atoms with E-state index in [9.17, 15) is 13.6 Å². The average Bonchev–Trinajstić information content (AvgIpc) is 2.86. The maximum atomic E-state index is 12.7. The zero-order chi connectivity index (χ0) is 18.1. The van der Waals surface area contributed by atoms with E-state index in [1.165, 1.54) is 12.8 Å². The van der Waals surface area contributed by atoms with Crippen LogP contribution in [-0.2, 0) is 11.3 Å². The minimum absolute atomic E-state index is 0.193. The molecule has 142 valence electrons. The van der Waals surface area contributed by atoms with E-state index < -0.39 is 6.61 Å². The Morgan fingerprint density at radius 2 is 1.85 bits per heavy atom. The number of nitrogens with zero attached hydrogens (tertiary/aromatic N) is 2. The van der Waals surface area contributed by atoms with Gasteiger partial charge < -0.3 is 9.64 Å². The molecule has 26 heavy (non-hydrogen) atoms. The maximum Gasteiger partial charge on any atom is 0.387 e. The number of hydrogen-bond donors (Lipinski definition) is 0. The second-order valence-corrected chi connectivity index (χ2v) is 7.92. The van der Waals surface area contributed by atoms with E-state index in [0.717, 1.165) is 51.0 Å². The summed E-state index contributed by atoms with van der Waals surface area (Å²) in [4.78, 5) is 17.3. The summed E-state index contributed by atoms with van der Waals surface area (Å²) in [5.41, 5.74) is 1.09. The molecule has 4 aliphatic rings. The topological polar surface area (TPSA) is 32.8 Å². The van der Waals surface area contributed by atoms with Crippen molar-refractivity contribution in [2.75, 3.05) is 19.6 Å². The van der Waals surface area contributed by atoms with Gasteiger partial charge in [-0.2, -0.15) is 8.78 Å². The number of carbonyl (C=O) groups is 1. The quantitative estimate of drug-likeness (QED) is 0.802. The van der Waals surface area contributed by atoms with Crippen molar-refractivity contribution in [3.05, 3.63) is 29.8 Å². The van der Waals surface area contributed by atoms with Crippen LogP contribution in [0.25, 0.3) is 0 Å². The molecule has 1 aromatic carbocycles. The third-order valence-corrected chi connectivity index (χ3v) is 6.13. The molecule has 1 amide bonds. The van der Waals surface area contributed by atoms with Gasteiger partial charge in [0.05, 0.1) is 0 Å². The van der Waals surface area contributed by atoms with Crippen LogP contribution in [0.5, 0.6) is 5.75 Å². The van der Waals surface area contributed by atoms with Crippen molar-refractivity contribution in [3.8, 4) is 5.75 Å². The lowest BCUT2D eigenvalue weighted by molar-refractivity contribution is -0.138. The van der Waals surface area contributed by atoms with Gasteiger partial charge in [0.1, 0.15) is 5.75 Å². The van der Waals surface area contributed by atoms with Gasteiger partial charge in [-0.1, -0.05) is 18.6 Å². The summed E-state index contributed by atoms with van der Waals surface area (Å²) in [5, 5.41) is 0. The number of piperidine rings is 1. The fourth-order valence-corrected chi connectivity index (χ4v) is 4.48. The molecule has 4 nitrogen and oxygen atoms in total. The van der Waals surface area contributed by atoms with Gasteiger partial charge in [0.2, 0.25) is 5.91 Å². The second kappa shape index (κ2) is 7.51. The fraction of sp³-hybridized carbons (Fsp3) is 0.650. The first-order chi connectivity index (χ1) is 12.6. The van der Waals surface area contributed by atoms with E-state index in [2.05, 4.69) is 14.5 Å². The monoisotopic (exact) mass is 364 g/mol. The van der Waals surface area contributed by atoms with Gasteiger partial charge in [0, 0.05) is 38.1 Å². The van der Waals surface area contributed by atoms with Crippen LogP contribution in [0.1, 0.15) is 37.7 Å². The number of rotatable bonds is 5. The number of ether oxygens (including phenoxy) is 1. The molecule has 2 bridgehead atoms. The summed E-state index contributed by atoms with van der Waals surface area (Å²) >= 11 is 0. The Hall–Kier alpha value is -1.69. The zero-order valence-corrected chi connectivity index (χ0v) is 14.9. The lowest BCUT2D eigenvalue weighted by atomic mass is 9.84. The molecule has 0 N–H and O–H groups in total. The molecule has 0 unspecified atom stereocenters. The Kier molecular flexibility index (Phi) is 5.11. The number of halogens is 2. The average molecular weight is 364 g/mol. The summed E-state index contributed by atoms with van der Waals surface area (Å²) in [6.45, 7) is 0.735. The molecule has 1 saturated carbocycles. The SMILES string of the molecule is O=C(C1CCC1)N1C[C@H]2CC[C@@H](C1)N(Cc1ccc(OC(F)F)cc1)C2. The van der Waals surface area contributed by atoms with Crippen molar-refractivity contribution in [1.82, 2.24) is 9.80 Å². The van der Waals surface area contributed by atoms with Gasteiger partial charge in [0.25, 0.3) is 0 Å². The van der Waals surface area contributed by atoms with Gasteiger partial charge >= 0.3 is 6.61 Å². The van der Waals surface area contributed by atoms with E-state index >= 15 is 0 Å². The third kappa shape index (κ3) is 3.85. The van der Waals surface area contributed by atoms with Gasteiger partial charge in [-0.05, 0) is 49.3 Å². The molecule has 4 fully saturated rings. The molecule has 3 aliphatic heterocycles. The van der Waals surface area contributed by atoms with E-state index in [1.54, 1.807) is 12.1 Å². The smallest absolute Gasteiger partial charge is 0.387 e. The Bertz CT molecular complexity index is 633. The van der Waals surface area contributed by atoms with E-state index in [0.29, 0.717) is 17.9 Å². The first-order valence-corrected chi connectivity index (χ1v) is 9.65. The van der Waals surface area contributed by atoms with Crippen LogP contribution in [0.15, 0.2) is 24.3 Å². The maximum absolute atomic E-state index is 12.7. The van der Waals surface area contributed by atoms with Crippen LogP contribution in [0.3, 0.4) is 0 Å². The lowest BCUT2D eigenvalue weighted by Gasteiger charge is -2.36. The van der Waals surface area contributed by atoms with Gasteiger partial charge in [-0.3, -0.25) is 9.69 Å². The van der Waals surface area contributed by atoms with Crippen molar-refractivity contribution in [2.45, 2.75) is 51.3 Å². The number of hydrogen-bond acceptors (Lipinski definition) is 3. The number of benzene rings is 1. The largest absolute Gasteiger partial charge is 0.435 e. The van der Waals surface area contributed by atoms with E-state index in [4.69, 9.17) is 0 Å². The number of alkyl halides is 2. The normalized spacial score (nSPS) is 26.7. The molecular weight excluding hydrogens is 338 g/mol. The highest BCUT2D eigenvalue weighted by Gasteiger charge is 2.39. The Morgan fingerprint density at radius 1 is 1.08 bits per heavy atom. The van der Waals surface area contributed by atoms with E-state index in [1.807, 2.05) is 12.1 Å². The summed E-state index contributed by atoms with van der Waals surface area (Å²) in [6.07, 6.45) is 5.62. The number of fused-ring (bicyclic) bond motifs is 4. The first-order valence-electron chi connectivity index (χ1n) is 9.65. The molecular formula is C20H26F2N2O2. The third-order valence-electron chi connectivity index (χ3n) is 6.13. The molecule has 0 spiro atoms. The molecule has 3 heterocycles. The lowest BCUT2D eigenvalue weighted by Crippen LogP contribution is -2.45. The van der Waals surface area contributed by atoms with Crippen LogP contribution < -0.4 is 4.74 Å². The van der Waals surface area contributed by atoms with Crippen LogP contribution in [0.2, 0.25) is 0 Å². The predicted octanol–water partition coefficient (Wildman–Crippen LogP) is 3.51. The van der Waals surface area contributed by atoms with Crippen LogP contribution in [0.4, 0.5) is 8.78 Å². The van der Waals surface area contributed by atoms with Gasteiger partial charge in [-0.25, -0.2) is 0 Å². The Labute approximate surface area is 153 Å². The molecule has 0 aromatic heterocycles. The molecule has 0 radical (unpaired) electrons. The standard InChI is InChI=1S/C20H26F2N2O2/c21-20(22)26-18-8-5-14(6-9-18)10-23-11-15-4-7-17(23)13-24(12-15)19(25)16-2-1-3-16/h5-6,8-9,15-17,20H,1-4,7,10-13H2/t15-,17-/m0/s1. The zero-order valence-electron chi connectivity index (χ0n) is 14.9. The molecule has 5 rings (SSSR count). The van der Waals surface area contributed by atoms with Crippen molar-refractivity contribution in [1.29, 1.82) is 0 Å². The molecule has 6 heteroatoms. The molecule has 1 aliphatic carbocycles. The fourth-order valence-electron chi connectivity index (χ4n) is 4.48. The van der Waals surface area contributed by atoms with Crippen LogP contribution >= 0.6 is 0 Å². The summed E-state index contributed by atoms with van der Waals surface area (Å²) < 4.78 is 28.9.